The second kappa shape index (κ2) is 10.0. The van der Waals surface area contributed by atoms with Crippen LogP contribution in [-0.2, 0) is 4.79 Å². The molecule has 23 heavy (non-hydrogen) atoms. The summed E-state index contributed by atoms with van der Waals surface area (Å²) in [4.78, 5) is 26.0. The van der Waals surface area contributed by atoms with E-state index in [9.17, 15) is 9.59 Å². The maximum absolute atomic E-state index is 11.8. The predicted octanol–water partition coefficient (Wildman–Crippen LogP) is 2.04. The van der Waals surface area contributed by atoms with Gasteiger partial charge >= 0.3 is 0 Å². The van der Waals surface area contributed by atoms with Gasteiger partial charge in [-0.2, -0.15) is 0 Å². The first-order chi connectivity index (χ1) is 10.9. The summed E-state index contributed by atoms with van der Waals surface area (Å²) in [6.07, 6.45) is 0.294. The van der Waals surface area contributed by atoms with E-state index in [1.165, 1.54) is 0 Å². The molecule has 0 aliphatic carbocycles. The molecule has 2 N–H and O–H groups in total. The van der Waals surface area contributed by atoms with Gasteiger partial charge in [-0.05, 0) is 39.8 Å². The topological polar surface area (TPSA) is 61.4 Å². The van der Waals surface area contributed by atoms with Crippen molar-refractivity contribution >= 4 is 11.8 Å². The summed E-state index contributed by atoms with van der Waals surface area (Å²) in [6, 6.07) is 9.91. The van der Waals surface area contributed by atoms with Crippen LogP contribution in [0.4, 0.5) is 0 Å². The minimum Gasteiger partial charge on any atom is -0.355 e. The summed E-state index contributed by atoms with van der Waals surface area (Å²) in [5, 5.41) is 5.66. The lowest BCUT2D eigenvalue weighted by molar-refractivity contribution is -0.121. The van der Waals surface area contributed by atoms with Gasteiger partial charge in [0.2, 0.25) is 5.91 Å². The first-order valence-corrected chi connectivity index (χ1v) is 8.27. The van der Waals surface area contributed by atoms with E-state index in [1.54, 1.807) is 12.1 Å². The monoisotopic (exact) mass is 319 g/mol. The normalized spacial score (nSPS) is 11.1. The average Bonchev–Trinajstić information content (AvgIpc) is 2.51. The van der Waals surface area contributed by atoms with Crippen molar-refractivity contribution in [2.45, 2.75) is 46.2 Å². The van der Waals surface area contributed by atoms with Crippen LogP contribution < -0.4 is 10.6 Å². The zero-order valence-corrected chi connectivity index (χ0v) is 14.6. The Balaban J connectivity index is 2.21. The van der Waals surface area contributed by atoms with Crippen LogP contribution in [0.15, 0.2) is 30.3 Å². The van der Waals surface area contributed by atoms with Gasteiger partial charge in [-0.25, -0.2) is 0 Å². The molecule has 0 atom stereocenters. The van der Waals surface area contributed by atoms with Crippen LogP contribution in [0, 0.1) is 0 Å². The Morgan fingerprint density at radius 1 is 0.957 bits per heavy atom. The van der Waals surface area contributed by atoms with E-state index in [1.807, 2.05) is 18.2 Å². The van der Waals surface area contributed by atoms with E-state index in [2.05, 4.69) is 43.2 Å². The Hall–Kier alpha value is -1.88. The van der Waals surface area contributed by atoms with E-state index in [0.717, 1.165) is 6.54 Å². The first kappa shape index (κ1) is 19.2. The molecule has 0 bridgehead atoms. The molecule has 0 aliphatic rings. The van der Waals surface area contributed by atoms with Gasteiger partial charge in [0.05, 0.1) is 0 Å². The Kier molecular flexibility index (Phi) is 8.33. The lowest BCUT2D eigenvalue weighted by Crippen LogP contribution is -2.42. The zero-order valence-electron chi connectivity index (χ0n) is 14.6. The fourth-order valence-electron chi connectivity index (χ4n) is 2.51. The first-order valence-electron chi connectivity index (χ1n) is 8.27. The number of nitrogens with zero attached hydrogens (tertiary/aromatic N) is 1. The highest BCUT2D eigenvalue weighted by atomic mass is 16.2. The quantitative estimate of drug-likeness (QED) is 0.732. The van der Waals surface area contributed by atoms with Gasteiger partial charge in [0, 0.05) is 43.7 Å². The van der Waals surface area contributed by atoms with Crippen LogP contribution in [0.1, 0.15) is 44.5 Å². The van der Waals surface area contributed by atoms with Crippen LogP contribution in [0.2, 0.25) is 0 Å². The third-order valence-corrected chi connectivity index (χ3v) is 3.69. The largest absolute Gasteiger partial charge is 0.355 e. The van der Waals surface area contributed by atoms with Gasteiger partial charge in [-0.1, -0.05) is 18.2 Å². The second-order valence-electron chi connectivity index (χ2n) is 6.15. The van der Waals surface area contributed by atoms with Crippen molar-refractivity contribution < 1.29 is 9.59 Å². The van der Waals surface area contributed by atoms with E-state index < -0.39 is 0 Å². The van der Waals surface area contributed by atoms with Crippen LogP contribution in [0.25, 0.3) is 0 Å². The van der Waals surface area contributed by atoms with Gasteiger partial charge in [-0.15, -0.1) is 0 Å². The lowest BCUT2D eigenvalue weighted by atomic mass is 10.2. The van der Waals surface area contributed by atoms with Crippen LogP contribution in [0.3, 0.4) is 0 Å². The van der Waals surface area contributed by atoms with Gasteiger partial charge in [0.1, 0.15) is 0 Å². The Bertz CT molecular complexity index is 478. The number of rotatable bonds is 9. The molecule has 128 valence electrons. The van der Waals surface area contributed by atoms with Gasteiger partial charge < -0.3 is 10.6 Å². The number of hydrogen-bond donors (Lipinski definition) is 2. The van der Waals surface area contributed by atoms with Gasteiger partial charge in [0.25, 0.3) is 5.91 Å². The average molecular weight is 319 g/mol. The molecule has 0 unspecified atom stereocenters. The highest BCUT2D eigenvalue weighted by Gasteiger charge is 2.13. The van der Waals surface area contributed by atoms with E-state index in [4.69, 9.17) is 0 Å². The van der Waals surface area contributed by atoms with Crippen LogP contribution in [-0.4, -0.2) is 48.4 Å². The second-order valence-corrected chi connectivity index (χ2v) is 6.15. The molecule has 2 amide bonds. The molecule has 0 spiro atoms. The fraction of sp³-hybridized carbons (Fsp3) is 0.556. The minimum absolute atomic E-state index is 0.0363. The van der Waals surface area contributed by atoms with Gasteiger partial charge in [0.15, 0.2) is 0 Å². The SMILES string of the molecule is CC(C)N(CCNC(=O)CCNC(=O)c1ccccc1)C(C)C. The standard InChI is InChI=1S/C18H29N3O2/c1-14(2)21(15(3)4)13-12-19-17(22)10-11-20-18(23)16-8-6-5-7-9-16/h5-9,14-15H,10-13H2,1-4H3,(H,19,22)(H,20,23). The Morgan fingerprint density at radius 3 is 2.13 bits per heavy atom. The molecule has 1 rings (SSSR count). The molecule has 0 aromatic heterocycles. The molecule has 1 aromatic carbocycles. The van der Waals surface area contributed by atoms with Gasteiger partial charge in [-0.3, -0.25) is 14.5 Å². The molecule has 1 aromatic rings. The summed E-state index contributed by atoms with van der Waals surface area (Å²) in [6.45, 7) is 10.4. The van der Waals surface area contributed by atoms with Crippen molar-refractivity contribution in [2.24, 2.45) is 0 Å². The lowest BCUT2D eigenvalue weighted by Gasteiger charge is -2.30. The Labute approximate surface area is 139 Å². The molecule has 0 saturated heterocycles. The highest BCUT2D eigenvalue weighted by molar-refractivity contribution is 5.94. The summed E-state index contributed by atoms with van der Waals surface area (Å²) in [5.41, 5.74) is 0.609. The summed E-state index contributed by atoms with van der Waals surface area (Å²) >= 11 is 0. The summed E-state index contributed by atoms with van der Waals surface area (Å²) < 4.78 is 0. The molecule has 0 radical (unpaired) electrons. The molecular formula is C18H29N3O2. The molecule has 0 fully saturated rings. The third-order valence-electron chi connectivity index (χ3n) is 3.69. The highest BCUT2D eigenvalue weighted by Crippen LogP contribution is 2.03. The van der Waals surface area contributed by atoms with Crippen molar-refractivity contribution in [1.29, 1.82) is 0 Å². The maximum Gasteiger partial charge on any atom is 0.251 e. The molecular weight excluding hydrogens is 290 g/mol. The number of nitrogens with one attached hydrogen (secondary N) is 2. The number of carbonyl (C=O) groups is 2. The molecule has 0 aliphatic heterocycles. The van der Waals surface area contributed by atoms with Crippen LogP contribution in [0.5, 0.6) is 0 Å². The number of carbonyl (C=O) groups excluding carboxylic acids is 2. The third kappa shape index (κ3) is 7.28. The van der Waals surface area contributed by atoms with Crippen molar-refractivity contribution in [2.75, 3.05) is 19.6 Å². The van der Waals surface area contributed by atoms with Crippen molar-refractivity contribution in [3.63, 3.8) is 0 Å². The number of benzene rings is 1. The molecule has 0 saturated carbocycles. The predicted molar refractivity (Wildman–Crippen MR) is 93.4 cm³/mol. The number of amides is 2. The van der Waals surface area contributed by atoms with E-state index >= 15 is 0 Å². The zero-order chi connectivity index (χ0) is 17.2. The maximum atomic E-state index is 11.8. The fourth-order valence-corrected chi connectivity index (χ4v) is 2.51. The Morgan fingerprint density at radius 2 is 1.57 bits per heavy atom. The summed E-state index contributed by atoms with van der Waals surface area (Å²) in [7, 11) is 0. The number of hydrogen-bond acceptors (Lipinski definition) is 3. The molecule has 0 heterocycles. The van der Waals surface area contributed by atoms with Crippen molar-refractivity contribution in [3.05, 3.63) is 35.9 Å². The molecule has 5 heteroatoms. The van der Waals surface area contributed by atoms with Crippen LogP contribution >= 0.6 is 0 Å². The molecule has 5 nitrogen and oxygen atoms in total. The smallest absolute Gasteiger partial charge is 0.251 e. The van der Waals surface area contributed by atoms with E-state index in [0.29, 0.717) is 37.2 Å². The minimum atomic E-state index is -0.149. The van der Waals surface area contributed by atoms with E-state index in [-0.39, 0.29) is 11.8 Å². The summed E-state index contributed by atoms with van der Waals surface area (Å²) in [5.74, 6) is -0.185. The van der Waals surface area contributed by atoms with Crippen molar-refractivity contribution in [1.82, 2.24) is 15.5 Å². The van der Waals surface area contributed by atoms with Crippen molar-refractivity contribution in [3.8, 4) is 0 Å².